The summed E-state index contributed by atoms with van der Waals surface area (Å²) < 4.78 is 0. The van der Waals surface area contributed by atoms with Gasteiger partial charge in [0.2, 0.25) is 0 Å². The molecule has 2 nitrogen and oxygen atoms in total. The predicted octanol–water partition coefficient (Wildman–Crippen LogP) is 4.97. The highest BCUT2D eigenvalue weighted by molar-refractivity contribution is 5.22. The van der Waals surface area contributed by atoms with Crippen molar-refractivity contribution in [1.29, 1.82) is 0 Å². The Hall–Kier alpha value is -1.12. The maximum atomic E-state index is 5.47. The minimum absolute atomic E-state index is 0.0578. The van der Waals surface area contributed by atoms with Gasteiger partial charge in [-0.15, -0.1) is 0 Å². The number of benzene rings is 1. The Labute approximate surface area is 116 Å². The summed E-state index contributed by atoms with van der Waals surface area (Å²) in [6, 6.07) is 10.2. The zero-order chi connectivity index (χ0) is 13.3. The smallest absolute Gasteiger partial charge is 0.136 e. The molecule has 0 unspecified atom stereocenters. The molecular formula is C17H24O2. The fraction of sp³-hybridized carbons (Fsp3) is 0.529. The van der Waals surface area contributed by atoms with Gasteiger partial charge in [0, 0.05) is 0 Å². The van der Waals surface area contributed by atoms with Crippen molar-refractivity contribution >= 4 is 0 Å². The van der Waals surface area contributed by atoms with Crippen LogP contribution in [0.2, 0.25) is 0 Å². The van der Waals surface area contributed by atoms with Gasteiger partial charge >= 0.3 is 0 Å². The largest absolute Gasteiger partial charge is 0.228 e. The third kappa shape index (κ3) is 4.81. The molecular weight excluding hydrogens is 236 g/mol. The molecule has 2 heteroatoms. The van der Waals surface area contributed by atoms with Gasteiger partial charge in [-0.25, -0.2) is 9.78 Å². The number of hydrogen-bond donors (Lipinski definition) is 0. The first-order valence-corrected chi connectivity index (χ1v) is 7.45. The minimum Gasteiger partial charge on any atom is -0.228 e. The average molecular weight is 260 g/mol. The second kappa shape index (κ2) is 8.13. The molecule has 0 bridgehead atoms. The Kier molecular flexibility index (Phi) is 6.12. The molecule has 0 saturated heterocycles. The lowest BCUT2D eigenvalue weighted by molar-refractivity contribution is -0.343. The van der Waals surface area contributed by atoms with Crippen molar-refractivity contribution in [2.24, 2.45) is 0 Å². The van der Waals surface area contributed by atoms with Crippen molar-refractivity contribution in [2.45, 2.75) is 57.7 Å². The van der Waals surface area contributed by atoms with Gasteiger partial charge in [0.25, 0.3) is 0 Å². The normalized spacial score (nSPS) is 22.6. The van der Waals surface area contributed by atoms with E-state index in [2.05, 4.69) is 31.2 Å². The summed E-state index contributed by atoms with van der Waals surface area (Å²) in [5.74, 6) is 0. The van der Waals surface area contributed by atoms with Gasteiger partial charge in [-0.2, -0.15) is 0 Å². The molecule has 0 N–H and O–H groups in total. The van der Waals surface area contributed by atoms with E-state index in [0.717, 1.165) is 12.0 Å². The van der Waals surface area contributed by atoms with Crippen LogP contribution in [0.3, 0.4) is 0 Å². The first-order chi connectivity index (χ1) is 9.40. The predicted molar refractivity (Wildman–Crippen MR) is 77.7 cm³/mol. The van der Waals surface area contributed by atoms with Crippen LogP contribution in [0.25, 0.3) is 0 Å². The Morgan fingerprint density at radius 1 is 0.895 bits per heavy atom. The van der Waals surface area contributed by atoms with Crippen LogP contribution in [0, 0.1) is 0 Å². The standard InChI is InChI=1S/C17H24O2/c1-2-3-4-5-9-12-16-13-14-17(19-18-16)15-10-7-6-8-11-15/h6-8,10-11,13-14,16-17H,2-5,9,12H2,1H3/t16-,17-/m1/s1. The molecule has 2 atom stereocenters. The van der Waals surface area contributed by atoms with Crippen LogP contribution in [0.15, 0.2) is 42.5 Å². The molecule has 1 aliphatic heterocycles. The van der Waals surface area contributed by atoms with E-state index in [-0.39, 0.29) is 12.2 Å². The van der Waals surface area contributed by atoms with Crippen molar-refractivity contribution in [3.8, 4) is 0 Å². The van der Waals surface area contributed by atoms with Crippen molar-refractivity contribution in [3.05, 3.63) is 48.0 Å². The van der Waals surface area contributed by atoms with Crippen LogP contribution in [-0.4, -0.2) is 6.10 Å². The summed E-state index contributed by atoms with van der Waals surface area (Å²) in [6.07, 6.45) is 11.9. The van der Waals surface area contributed by atoms with Gasteiger partial charge < -0.3 is 0 Å². The zero-order valence-corrected chi connectivity index (χ0v) is 11.8. The lowest BCUT2D eigenvalue weighted by Crippen LogP contribution is -2.18. The lowest BCUT2D eigenvalue weighted by atomic mass is 10.0. The molecule has 1 aliphatic rings. The molecule has 0 radical (unpaired) electrons. The highest BCUT2D eigenvalue weighted by atomic mass is 17.2. The van der Waals surface area contributed by atoms with Crippen LogP contribution >= 0.6 is 0 Å². The first kappa shape index (κ1) is 14.3. The summed E-state index contributed by atoms with van der Waals surface area (Å²) >= 11 is 0. The molecule has 104 valence electrons. The molecule has 0 spiro atoms. The molecule has 19 heavy (non-hydrogen) atoms. The second-order valence-corrected chi connectivity index (χ2v) is 5.15. The van der Waals surface area contributed by atoms with Crippen molar-refractivity contribution in [3.63, 3.8) is 0 Å². The number of rotatable bonds is 7. The van der Waals surface area contributed by atoms with E-state index in [0.29, 0.717) is 0 Å². The van der Waals surface area contributed by atoms with Crippen LogP contribution in [0.5, 0.6) is 0 Å². The molecule has 0 fully saturated rings. The molecule has 1 aromatic rings. The minimum atomic E-state index is -0.0578. The van der Waals surface area contributed by atoms with Gasteiger partial charge in [-0.1, -0.05) is 75.4 Å². The van der Waals surface area contributed by atoms with E-state index in [1.165, 1.54) is 32.1 Å². The van der Waals surface area contributed by atoms with E-state index >= 15 is 0 Å². The van der Waals surface area contributed by atoms with E-state index in [1.807, 2.05) is 18.2 Å². The number of hydrogen-bond acceptors (Lipinski definition) is 2. The average Bonchev–Trinajstić information content (AvgIpc) is 2.49. The van der Waals surface area contributed by atoms with Crippen molar-refractivity contribution < 1.29 is 9.78 Å². The van der Waals surface area contributed by atoms with Crippen molar-refractivity contribution in [1.82, 2.24) is 0 Å². The van der Waals surface area contributed by atoms with Crippen LogP contribution in [0.1, 0.15) is 57.1 Å². The van der Waals surface area contributed by atoms with Gasteiger partial charge in [-0.3, -0.25) is 0 Å². The molecule has 1 heterocycles. The molecule has 2 rings (SSSR count). The number of unbranched alkanes of at least 4 members (excludes halogenated alkanes) is 4. The van der Waals surface area contributed by atoms with Crippen LogP contribution < -0.4 is 0 Å². The Balaban J connectivity index is 1.71. The van der Waals surface area contributed by atoms with Gasteiger partial charge in [0.1, 0.15) is 12.2 Å². The van der Waals surface area contributed by atoms with Crippen LogP contribution in [-0.2, 0) is 9.78 Å². The fourth-order valence-electron chi connectivity index (χ4n) is 2.32. The quantitative estimate of drug-likeness (QED) is 0.391. The maximum absolute atomic E-state index is 5.47. The Bertz CT molecular complexity index is 372. The summed E-state index contributed by atoms with van der Waals surface area (Å²) in [5, 5.41) is 0. The summed E-state index contributed by atoms with van der Waals surface area (Å²) in [5.41, 5.74) is 1.14. The zero-order valence-electron chi connectivity index (χ0n) is 11.8. The van der Waals surface area contributed by atoms with Gasteiger partial charge in [0.05, 0.1) is 0 Å². The van der Waals surface area contributed by atoms with Gasteiger partial charge in [-0.05, 0) is 18.1 Å². The summed E-state index contributed by atoms with van der Waals surface area (Å²) in [6.45, 7) is 2.24. The second-order valence-electron chi connectivity index (χ2n) is 5.15. The fourth-order valence-corrected chi connectivity index (χ4v) is 2.32. The first-order valence-electron chi connectivity index (χ1n) is 7.45. The Morgan fingerprint density at radius 2 is 1.68 bits per heavy atom. The molecule has 0 aromatic heterocycles. The topological polar surface area (TPSA) is 18.5 Å². The SMILES string of the molecule is CCCCCCC[C@@H]1C=C[C@H](c2ccccc2)OO1. The van der Waals surface area contributed by atoms with E-state index in [1.54, 1.807) is 0 Å². The van der Waals surface area contributed by atoms with Crippen LogP contribution in [0.4, 0.5) is 0 Å². The molecule has 0 amide bonds. The monoisotopic (exact) mass is 260 g/mol. The highest BCUT2D eigenvalue weighted by Gasteiger charge is 2.18. The highest BCUT2D eigenvalue weighted by Crippen LogP contribution is 2.25. The third-order valence-electron chi connectivity index (χ3n) is 3.50. The molecule has 0 aliphatic carbocycles. The van der Waals surface area contributed by atoms with E-state index in [9.17, 15) is 0 Å². The maximum Gasteiger partial charge on any atom is 0.136 e. The van der Waals surface area contributed by atoms with Crippen molar-refractivity contribution in [2.75, 3.05) is 0 Å². The third-order valence-corrected chi connectivity index (χ3v) is 3.50. The summed E-state index contributed by atoms with van der Waals surface area (Å²) in [4.78, 5) is 10.9. The van der Waals surface area contributed by atoms with E-state index < -0.39 is 0 Å². The van der Waals surface area contributed by atoms with E-state index in [4.69, 9.17) is 9.78 Å². The summed E-state index contributed by atoms with van der Waals surface area (Å²) in [7, 11) is 0. The molecule has 0 saturated carbocycles. The van der Waals surface area contributed by atoms with Gasteiger partial charge in [0.15, 0.2) is 0 Å². The lowest BCUT2D eigenvalue weighted by Gasteiger charge is -2.22. The Morgan fingerprint density at radius 3 is 2.37 bits per heavy atom. The molecule has 1 aromatic carbocycles.